The number of amides is 2. The Morgan fingerprint density at radius 3 is 2.81 bits per heavy atom. The zero-order valence-corrected chi connectivity index (χ0v) is 15.2. The number of pyridine rings is 1. The van der Waals surface area contributed by atoms with Crippen molar-refractivity contribution in [2.75, 3.05) is 20.3 Å². The van der Waals surface area contributed by atoms with Crippen LogP contribution in [0.25, 0.3) is 5.52 Å². The molecular weight excluding hydrogens is 332 g/mol. The van der Waals surface area contributed by atoms with Gasteiger partial charge in [0.2, 0.25) is 5.82 Å². The average Bonchev–Trinajstić information content (AvgIpc) is 3.06. The smallest absolute Gasteiger partial charge is 0.287 e. The van der Waals surface area contributed by atoms with Crippen LogP contribution >= 0.6 is 0 Å². The van der Waals surface area contributed by atoms with Gasteiger partial charge in [-0.2, -0.15) is 0 Å². The van der Waals surface area contributed by atoms with E-state index in [4.69, 9.17) is 4.74 Å². The highest BCUT2D eigenvalue weighted by molar-refractivity contribution is 6.02. The van der Waals surface area contributed by atoms with Crippen LogP contribution in [0.3, 0.4) is 0 Å². The molecule has 2 amide bonds. The topological polar surface area (TPSA) is 84.7 Å². The lowest BCUT2D eigenvalue weighted by molar-refractivity contribution is 0.0925. The molecule has 0 saturated heterocycles. The Labute approximate surface area is 153 Å². The molecule has 0 aliphatic heterocycles. The Balaban J connectivity index is 1.78. The van der Waals surface area contributed by atoms with E-state index in [9.17, 15) is 9.59 Å². The molecule has 0 radical (unpaired) electrons. The number of carbonyl (C=O) groups is 2. The summed E-state index contributed by atoms with van der Waals surface area (Å²) < 4.78 is 6.65. The first-order chi connectivity index (χ1) is 12.7. The second kappa shape index (κ2) is 8.80. The summed E-state index contributed by atoms with van der Waals surface area (Å²) in [6, 6.07) is 5.67. The molecular formula is C19H26N4O3. The number of nitrogens with one attached hydrogen (secondary N) is 2. The summed E-state index contributed by atoms with van der Waals surface area (Å²) in [5.74, 6) is -0.273. The maximum Gasteiger partial charge on any atom is 0.287 e. The van der Waals surface area contributed by atoms with Crippen LogP contribution in [0, 0.1) is 0 Å². The number of imidazole rings is 1. The lowest BCUT2D eigenvalue weighted by Crippen LogP contribution is -2.36. The quantitative estimate of drug-likeness (QED) is 0.743. The fourth-order valence-corrected chi connectivity index (χ4v) is 3.36. The molecule has 0 aromatic carbocycles. The van der Waals surface area contributed by atoms with Crippen LogP contribution in [0.2, 0.25) is 0 Å². The molecule has 1 fully saturated rings. The van der Waals surface area contributed by atoms with E-state index in [1.54, 1.807) is 17.7 Å². The Hall–Kier alpha value is -2.41. The van der Waals surface area contributed by atoms with Crippen molar-refractivity contribution in [3.8, 4) is 0 Å². The molecule has 1 aliphatic carbocycles. The molecule has 7 heteroatoms. The molecule has 2 aromatic heterocycles. The molecule has 3 rings (SSSR count). The zero-order valence-electron chi connectivity index (χ0n) is 15.2. The molecule has 26 heavy (non-hydrogen) atoms. The first-order valence-electron chi connectivity index (χ1n) is 9.26. The summed E-state index contributed by atoms with van der Waals surface area (Å²) in [5, 5.41) is 5.90. The molecule has 0 unspecified atom stereocenters. The average molecular weight is 358 g/mol. The van der Waals surface area contributed by atoms with E-state index in [-0.39, 0.29) is 23.7 Å². The van der Waals surface area contributed by atoms with Gasteiger partial charge in [0, 0.05) is 32.5 Å². The van der Waals surface area contributed by atoms with E-state index in [2.05, 4.69) is 15.6 Å². The predicted octanol–water partition coefficient (Wildman–Crippen LogP) is 2.16. The number of aromatic nitrogens is 2. The van der Waals surface area contributed by atoms with E-state index in [0.29, 0.717) is 24.4 Å². The third-order valence-electron chi connectivity index (χ3n) is 4.72. The predicted molar refractivity (Wildman–Crippen MR) is 98.4 cm³/mol. The fourth-order valence-electron chi connectivity index (χ4n) is 3.36. The third kappa shape index (κ3) is 4.22. The van der Waals surface area contributed by atoms with Crippen molar-refractivity contribution in [2.24, 2.45) is 0 Å². The molecule has 7 nitrogen and oxygen atoms in total. The number of rotatable bonds is 7. The molecule has 1 aliphatic rings. The van der Waals surface area contributed by atoms with Crippen molar-refractivity contribution in [2.45, 2.75) is 44.6 Å². The maximum atomic E-state index is 12.7. The molecule has 140 valence electrons. The summed E-state index contributed by atoms with van der Waals surface area (Å²) in [7, 11) is 1.63. The standard InChI is InChI=1S/C19H26N4O3/c1-26-13-7-11-20-19(25)17-22-16(15-10-5-6-12-23(15)17)18(24)21-14-8-3-2-4-9-14/h5-6,10,12,14H,2-4,7-9,11,13H2,1H3,(H,20,25)(H,21,24). The largest absolute Gasteiger partial charge is 0.385 e. The van der Waals surface area contributed by atoms with Crippen molar-refractivity contribution >= 4 is 17.3 Å². The highest BCUT2D eigenvalue weighted by Gasteiger charge is 2.23. The lowest BCUT2D eigenvalue weighted by Gasteiger charge is -2.22. The van der Waals surface area contributed by atoms with Gasteiger partial charge in [0.25, 0.3) is 11.8 Å². The van der Waals surface area contributed by atoms with Gasteiger partial charge in [0.05, 0.1) is 5.52 Å². The minimum atomic E-state index is -0.293. The molecule has 2 N–H and O–H groups in total. The summed E-state index contributed by atoms with van der Waals surface area (Å²) in [5.41, 5.74) is 0.945. The second-order valence-electron chi connectivity index (χ2n) is 6.65. The van der Waals surface area contributed by atoms with Crippen LogP contribution in [-0.4, -0.2) is 47.5 Å². The fraction of sp³-hybridized carbons (Fsp3) is 0.526. The second-order valence-corrected chi connectivity index (χ2v) is 6.65. The highest BCUT2D eigenvalue weighted by Crippen LogP contribution is 2.19. The maximum absolute atomic E-state index is 12.7. The number of ether oxygens (including phenoxy) is 1. The number of hydrogen-bond donors (Lipinski definition) is 2. The van der Waals surface area contributed by atoms with Crippen molar-refractivity contribution in [3.05, 3.63) is 35.9 Å². The van der Waals surface area contributed by atoms with Crippen molar-refractivity contribution in [1.29, 1.82) is 0 Å². The van der Waals surface area contributed by atoms with Crippen molar-refractivity contribution in [1.82, 2.24) is 20.0 Å². The number of carbonyl (C=O) groups excluding carboxylic acids is 2. The van der Waals surface area contributed by atoms with Crippen LogP contribution in [0.15, 0.2) is 24.4 Å². The Morgan fingerprint density at radius 1 is 1.23 bits per heavy atom. The van der Waals surface area contributed by atoms with Gasteiger partial charge in [0.15, 0.2) is 5.69 Å². The SMILES string of the molecule is COCCCNC(=O)c1nc(C(=O)NC2CCCCC2)c2ccccn12. The van der Waals surface area contributed by atoms with Crippen LogP contribution in [-0.2, 0) is 4.74 Å². The van der Waals surface area contributed by atoms with E-state index < -0.39 is 0 Å². The number of fused-ring (bicyclic) bond motifs is 1. The first-order valence-corrected chi connectivity index (χ1v) is 9.26. The van der Waals surface area contributed by atoms with Gasteiger partial charge in [-0.1, -0.05) is 25.3 Å². The van der Waals surface area contributed by atoms with Gasteiger partial charge in [-0.05, 0) is 31.4 Å². The van der Waals surface area contributed by atoms with Gasteiger partial charge in [-0.25, -0.2) is 4.98 Å². The molecule has 1 saturated carbocycles. The monoisotopic (exact) mass is 358 g/mol. The van der Waals surface area contributed by atoms with Crippen molar-refractivity contribution < 1.29 is 14.3 Å². The van der Waals surface area contributed by atoms with Crippen LogP contribution in [0.1, 0.15) is 59.6 Å². The van der Waals surface area contributed by atoms with Crippen LogP contribution < -0.4 is 10.6 Å². The van der Waals surface area contributed by atoms with Gasteiger partial charge < -0.3 is 15.4 Å². The number of nitrogens with zero attached hydrogens (tertiary/aromatic N) is 2. The highest BCUT2D eigenvalue weighted by atomic mass is 16.5. The lowest BCUT2D eigenvalue weighted by atomic mass is 9.95. The molecule has 2 aromatic rings. The van der Waals surface area contributed by atoms with Gasteiger partial charge >= 0.3 is 0 Å². The van der Waals surface area contributed by atoms with E-state index >= 15 is 0 Å². The van der Waals surface area contributed by atoms with E-state index in [1.807, 2.05) is 18.2 Å². The number of methoxy groups -OCH3 is 1. The van der Waals surface area contributed by atoms with Crippen LogP contribution in [0.4, 0.5) is 0 Å². The van der Waals surface area contributed by atoms with E-state index in [0.717, 1.165) is 32.1 Å². The molecule has 0 atom stereocenters. The summed E-state index contributed by atoms with van der Waals surface area (Å²) in [6.45, 7) is 1.08. The Morgan fingerprint density at radius 2 is 2.04 bits per heavy atom. The molecule has 0 spiro atoms. The van der Waals surface area contributed by atoms with Crippen LogP contribution in [0.5, 0.6) is 0 Å². The Bertz CT molecular complexity index is 765. The molecule has 2 heterocycles. The summed E-state index contributed by atoms with van der Waals surface area (Å²) in [6.07, 6.45) is 8.00. The first kappa shape index (κ1) is 18.4. The minimum Gasteiger partial charge on any atom is -0.385 e. The van der Waals surface area contributed by atoms with Crippen molar-refractivity contribution in [3.63, 3.8) is 0 Å². The summed E-state index contributed by atoms with van der Waals surface area (Å²) >= 11 is 0. The normalized spacial score (nSPS) is 15.1. The van der Waals surface area contributed by atoms with Gasteiger partial charge in [-0.15, -0.1) is 0 Å². The minimum absolute atomic E-state index is 0.197. The number of hydrogen-bond acceptors (Lipinski definition) is 4. The summed E-state index contributed by atoms with van der Waals surface area (Å²) in [4.78, 5) is 29.6. The van der Waals surface area contributed by atoms with Gasteiger partial charge in [0.1, 0.15) is 0 Å². The van der Waals surface area contributed by atoms with Gasteiger partial charge in [-0.3, -0.25) is 14.0 Å². The zero-order chi connectivity index (χ0) is 18.4. The third-order valence-corrected chi connectivity index (χ3v) is 4.72. The van der Waals surface area contributed by atoms with E-state index in [1.165, 1.54) is 6.42 Å². The Kier molecular flexibility index (Phi) is 6.22. The molecule has 0 bridgehead atoms.